The van der Waals surface area contributed by atoms with Crippen LogP contribution in [0.3, 0.4) is 0 Å². The molecule has 3 heteroatoms. The highest BCUT2D eigenvalue weighted by Crippen LogP contribution is 2.00. The van der Waals surface area contributed by atoms with E-state index in [0.29, 0.717) is 12.5 Å². The van der Waals surface area contributed by atoms with Gasteiger partial charge in [0.25, 0.3) is 0 Å². The minimum absolute atomic E-state index is 0.411. The largest absolute Gasteiger partial charge is 0.391 e. The Balaban J connectivity index is 2.36. The van der Waals surface area contributed by atoms with Gasteiger partial charge in [-0.3, -0.25) is 0 Å². The predicted molar refractivity (Wildman–Crippen MR) is 55.1 cm³/mol. The van der Waals surface area contributed by atoms with E-state index in [9.17, 15) is 0 Å². The number of oxime groups is 1. The maximum Gasteiger partial charge on any atom is 0.142 e. The molecule has 0 heterocycles. The van der Waals surface area contributed by atoms with E-state index in [4.69, 9.17) is 16.4 Å². The van der Waals surface area contributed by atoms with Gasteiger partial charge >= 0.3 is 0 Å². The molecule has 1 aromatic rings. The van der Waals surface area contributed by atoms with Crippen molar-refractivity contribution in [3.63, 3.8) is 0 Å². The summed E-state index contributed by atoms with van der Waals surface area (Å²) in [6, 6.07) is 9.89. The zero-order chi connectivity index (χ0) is 9.52. The quantitative estimate of drug-likeness (QED) is 0.413. The van der Waals surface area contributed by atoms with Gasteiger partial charge in [-0.15, -0.1) is 11.6 Å². The monoisotopic (exact) mass is 197 g/mol. The number of hydrogen-bond donors (Lipinski definition) is 0. The minimum atomic E-state index is 0.411. The molecule has 1 aromatic carbocycles. The standard InChI is InChI=1S/C10H12ClNO/c1-9(7-11)12-13-8-10-5-3-2-4-6-10/h2-6H,7-8H2,1H3/b12-9+. The van der Waals surface area contributed by atoms with E-state index in [2.05, 4.69) is 5.16 Å². The molecule has 0 bridgehead atoms. The molecule has 0 aliphatic carbocycles. The summed E-state index contributed by atoms with van der Waals surface area (Å²) in [6.45, 7) is 2.33. The molecule has 0 N–H and O–H groups in total. The van der Waals surface area contributed by atoms with Crippen molar-refractivity contribution in [3.8, 4) is 0 Å². The molecule has 2 nitrogen and oxygen atoms in total. The summed E-state index contributed by atoms with van der Waals surface area (Å²) in [5.41, 5.74) is 1.89. The summed E-state index contributed by atoms with van der Waals surface area (Å²) in [7, 11) is 0. The Morgan fingerprint density at radius 2 is 2.08 bits per heavy atom. The van der Waals surface area contributed by atoms with Crippen molar-refractivity contribution < 1.29 is 4.84 Å². The summed E-state index contributed by atoms with van der Waals surface area (Å²) in [6.07, 6.45) is 0. The van der Waals surface area contributed by atoms with Crippen LogP contribution in [0, 0.1) is 0 Å². The van der Waals surface area contributed by atoms with Gasteiger partial charge in [0.15, 0.2) is 0 Å². The third kappa shape index (κ3) is 3.95. The van der Waals surface area contributed by atoms with Gasteiger partial charge < -0.3 is 4.84 Å². The molecule has 0 aromatic heterocycles. The second kappa shape index (κ2) is 5.60. The molecule has 0 fully saturated rings. The van der Waals surface area contributed by atoms with Crippen LogP contribution in [0.2, 0.25) is 0 Å². The maximum absolute atomic E-state index is 5.52. The molecule has 0 amide bonds. The number of alkyl halides is 1. The van der Waals surface area contributed by atoms with Crippen molar-refractivity contribution in [1.29, 1.82) is 0 Å². The summed E-state index contributed by atoms with van der Waals surface area (Å²) in [4.78, 5) is 5.08. The Hall–Kier alpha value is -1.02. The van der Waals surface area contributed by atoms with Gasteiger partial charge in [-0.1, -0.05) is 35.5 Å². The van der Waals surface area contributed by atoms with Crippen LogP contribution >= 0.6 is 11.6 Å². The molecule has 0 aliphatic rings. The zero-order valence-corrected chi connectivity index (χ0v) is 8.29. The number of hydrogen-bond acceptors (Lipinski definition) is 2. The molecular weight excluding hydrogens is 186 g/mol. The smallest absolute Gasteiger partial charge is 0.142 e. The summed E-state index contributed by atoms with van der Waals surface area (Å²) in [5.74, 6) is 0.411. The fraction of sp³-hybridized carbons (Fsp3) is 0.300. The second-order valence-electron chi connectivity index (χ2n) is 2.72. The molecule has 0 unspecified atom stereocenters. The van der Waals surface area contributed by atoms with Crippen LogP contribution in [-0.2, 0) is 11.4 Å². The van der Waals surface area contributed by atoms with E-state index in [-0.39, 0.29) is 0 Å². The Kier molecular flexibility index (Phi) is 4.33. The molecule has 13 heavy (non-hydrogen) atoms. The normalized spacial score (nSPS) is 11.4. The molecule has 0 spiro atoms. The lowest BCUT2D eigenvalue weighted by molar-refractivity contribution is 0.130. The van der Waals surface area contributed by atoms with Crippen molar-refractivity contribution in [2.24, 2.45) is 5.16 Å². The SMILES string of the molecule is C/C(CCl)=N\OCc1ccccc1. The van der Waals surface area contributed by atoms with Crippen LogP contribution in [0.15, 0.2) is 35.5 Å². The first-order valence-electron chi connectivity index (χ1n) is 4.08. The Bertz CT molecular complexity index is 272. The number of benzene rings is 1. The third-order valence-corrected chi connectivity index (χ3v) is 1.87. The first-order valence-corrected chi connectivity index (χ1v) is 4.61. The first-order chi connectivity index (χ1) is 6.33. The number of rotatable bonds is 4. The molecule has 0 saturated heterocycles. The van der Waals surface area contributed by atoms with Gasteiger partial charge in [0.1, 0.15) is 6.61 Å². The fourth-order valence-corrected chi connectivity index (χ4v) is 0.864. The summed E-state index contributed by atoms with van der Waals surface area (Å²) in [5, 5.41) is 3.82. The Labute approximate surface area is 83.2 Å². The lowest BCUT2D eigenvalue weighted by atomic mass is 10.2. The average molecular weight is 198 g/mol. The molecule has 0 aliphatic heterocycles. The zero-order valence-electron chi connectivity index (χ0n) is 7.53. The van der Waals surface area contributed by atoms with Gasteiger partial charge in [0, 0.05) is 0 Å². The molecule has 0 radical (unpaired) electrons. The van der Waals surface area contributed by atoms with Crippen molar-refractivity contribution in [3.05, 3.63) is 35.9 Å². The van der Waals surface area contributed by atoms with Crippen LogP contribution in [0.25, 0.3) is 0 Å². The van der Waals surface area contributed by atoms with E-state index >= 15 is 0 Å². The lowest BCUT2D eigenvalue weighted by Crippen LogP contribution is -1.94. The molecular formula is C10H12ClNO. The van der Waals surface area contributed by atoms with Crippen LogP contribution < -0.4 is 0 Å². The van der Waals surface area contributed by atoms with Crippen LogP contribution in [0.5, 0.6) is 0 Å². The number of nitrogens with zero attached hydrogens (tertiary/aromatic N) is 1. The number of halogens is 1. The third-order valence-electron chi connectivity index (χ3n) is 1.49. The van der Waals surface area contributed by atoms with Crippen molar-refractivity contribution in [1.82, 2.24) is 0 Å². The highest BCUT2D eigenvalue weighted by Gasteiger charge is 1.90. The molecule has 1 rings (SSSR count). The van der Waals surface area contributed by atoms with Gasteiger partial charge in [-0.05, 0) is 12.5 Å². The van der Waals surface area contributed by atoms with Gasteiger partial charge in [0.05, 0.1) is 11.6 Å². The Morgan fingerprint density at radius 1 is 1.38 bits per heavy atom. The average Bonchev–Trinajstić information content (AvgIpc) is 2.19. The van der Waals surface area contributed by atoms with Gasteiger partial charge in [-0.25, -0.2) is 0 Å². The first kappa shape index (κ1) is 10.1. The van der Waals surface area contributed by atoms with Crippen LogP contribution in [0.1, 0.15) is 12.5 Å². The van der Waals surface area contributed by atoms with Crippen molar-refractivity contribution >= 4 is 17.3 Å². The van der Waals surface area contributed by atoms with Crippen LogP contribution in [-0.4, -0.2) is 11.6 Å². The fourth-order valence-electron chi connectivity index (χ4n) is 0.816. The van der Waals surface area contributed by atoms with E-state index in [1.54, 1.807) is 0 Å². The topological polar surface area (TPSA) is 21.6 Å². The van der Waals surface area contributed by atoms with Gasteiger partial charge in [-0.2, -0.15) is 0 Å². The second-order valence-corrected chi connectivity index (χ2v) is 2.99. The molecule has 0 atom stereocenters. The van der Waals surface area contributed by atoms with E-state index in [1.165, 1.54) is 0 Å². The Morgan fingerprint density at radius 3 is 2.69 bits per heavy atom. The van der Waals surface area contributed by atoms with Crippen molar-refractivity contribution in [2.45, 2.75) is 13.5 Å². The highest BCUT2D eigenvalue weighted by atomic mass is 35.5. The summed E-state index contributed by atoms with van der Waals surface area (Å²) < 4.78 is 0. The van der Waals surface area contributed by atoms with E-state index in [0.717, 1.165) is 11.3 Å². The van der Waals surface area contributed by atoms with E-state index in [1.807, 2.05) is 37.3 Å². The van der Waals surface area contributed by atoms with Crippen LogP contribution in [0.4, 0.5) is 0 Å². The summed E-state index contributed by atoms with van der Waals surface area (Å²) >= 11 is 5.52. The molecule has 70 valence electrons. The maximum atomic E-state index is 5.52. The lowest BCUT2D eigenvalue weighted by Gasteiger charge is -1.99. The minimum Gasteiger partial charge on any atom is -0.391 e. The van der Waals surface area contributed by atoms with E-state index < -0.39 is 0 Å². The highest BCUT2D eigenvalue weighted by molar-refractivity contribution is 6.28. The van der Waals surface area contributed by atoms with Crippen molar-refractivity contribution in [2.75, 3.05) is 5.88 Å². The molecule has 0 saturated carbocycles. The predicted octanol–water partition coefficient (Wildman–Crippen LogP) is 2.82. The van der Waals surface area contributed by atoms with Gasteiger partial charge in [0.2, 0.25) is 0 Å².